The number of hydrogen-bond acceptors (Lipinski definition) is 5. The first-order valence-electron chi connectivity index (χ1n) is 7.38. The minimum Gasteiger partial charge on any atom is -0.490 e. The van der Waals surface area contributed by atoms with Crippen molar-refractivity contribution >= 4 is 23.5 Å². The van der Waals surface area contributed by atoms with Gasteiger partial charge in [0, 0.05) is 5.71 Å². The molecule has 1 atom stereocenters. The molecule has 1 aliphatic rings. The van der Waals surface area contributed by atoms with Crippen LogP contribution in [0.2, 0.25) is 0 Å². The number of allylic oxidation sites excluding steroid dienone is 1. The summed E-state index contributed by atoms with van der Waals surface area (Å²) in [6.07, 6.45) is 3.30. The molecule has 0 aliphatic carbocycles. The van der Waals surface area contributed by atoms with Gasteiger partial charge in [-0.25, -0.2) is 0 Å². The predicted molar refractivity (Wildman–Crippen MR) is 88.4 cm³/mol. The highest BCUT2D eigenvalue weighted by Crippen LogP contribution is 2.24. The molecule has 1 aromatic rings. The SMILES string of the molecule is C=CCOc1cccc(/C=C2/N=C(C)C(C(=O)OCC)C2=O)c1. The number of benzene rings is 1. The standard InChI is InChI=1S/C18H19NO4/c1-4-9-23-14-8-6-7-13(10-14)11-15-17(20)16(12(3)19-15)18(21)22-5-2/h4,6-8,10-11,16H,1,5,9H2,2-3H3/b15-11+. The Bertz CT molecular complexity index is 688. The maximum absolute atomic E-state index is 12.4. The van der Waals surface area contributed by atoms with E-state index in [1.807, 2.05) is 18.2 Å². The number of ether oxygens (including phenoxy) is 2. The lowest BCUT2D eigenvalue weighted by Crippen LogP contribution is -2.28. The van der Waals surface area contributed by atoms with Gasteiger partial charge in [0.25, 0.3) is 0 Å². The highest BCUT2D eigenvalue weighted by Gasteiger charge is 2.37. The molecule has 2 rings (SSSR count). The number of Topliss-reactive ketones (excluding diaryl/α,β-unsaturated/α-hetero) is 1. The molecule has 0 saturated carbocycles. The number of carbonyl (C=O) groups excluding carboxylic acids is 2. The first-order valence-corrected chi connectivity index (χ1v) is 7.38. The summed E-state index contributed by atoms with van der Waals surface area (Å²) in [7, 11) is 0. The van der Waals surface area contributed by atoms with Gasteiger partial charge < -0.3 is 9.47 Å². The average molecular weight is 313 g/mol. The summed E-state index contributed by atoms with van der Waals surface area (Å²) < 4.78 is 10.4. The van der Waals surface area contributed by atoms with Crippen LogP contribution in [0.15, 0.2) is 47.6 Å². The Balaban J connectivity index is 2.22. The van der Waals surface area contributed by atoms with Crippen molar-refractivity contribution < 1.29 is 19.1 Å². The fourth-order valence-electron chi connectivity index (χ4n) is 2.26. The quantitative estimate of drug-likeness (QED) is 0.350. The third-order valence-corrected chi connectivity index (χ3v) is 3.28. The molecule has 0 bridgehead atoms. The van der Waals surface area contributed by atoms with E-state index in [4.69, 9.17) is 9.47 Å². The molecule has 120 valence electrons. The smallest absolute Gasteiger partial charge is 0.322 e. The van der Waals surface area contributed by atoms with Gasteiger partial charge >= 0.3 is 5.97 Å². The summed E-state index contributed by atoms with van der Waals surface area (Å²) in [6.45, 7) is 7.59. The topological polar surface area (TPSA) is 65.0 Å². The Hall–Kier alpha value is -2.69. The van der Waals surface area contributed by atoms with E-state index in [9.17, 15) is 9.59 Å². The van der Waals surface area contributed by atoms with Crippen molar-refractivity contribution in [2.24, 2.45) is 10.9 Å². The van der Waals surface area contributed by atoms with Crippen LogP contribution in [0, 0.1) is 5.92 Å². The number of rotatable bonds is 6. The Morgan fingerprint density at radius 1 is 1.43 bits per heavy atom. The van der Waals surface area contributed by atoms with E-state index in [1.54, 1.807) is 32.1 Å². The van der Waals surface area contributed by atoms with E-state index in [0.717, 1.165) is 5.56 Å². The zero-order valence-electron chi connectivity index (χ0n) is 13.2. The Morgan fingerprint density at radius 2 is 2.22 bits per heavy atom. The summed E-state index contributed by atoms with van der Waals surface area (Å²) in [6, 6.07) is 7.28. The molecule has 0 fully saturated rings. The Kier molecular flexibility index (Phi) is 5.46. The molecule has 23 heavy (non-hydrogen) atoms. The van der Waals surface area contributed by atoms with Crippen LogP contribution in [-0.4, -0.2) is 30.7 Å². The lowest BCUT2D eigenvalue weighted by Gasteiger charge is -2.07. The lowest BCUT2D eigenvalue weighted by molar-refractivity contribution is -0.147. The van der Waals surface area contributed by atoms with Crippen LogP contribution in [0.3, 0.4) is 0 Å². The van der Waals surface area contributed by atoms with Gasteiger partial charge in [-0.15, -0.1) is 0 Å². The van der Waals surface area contributed by atoms with E-state index >= 15 is 0 Å². The molecule has 1 aromatic carbocycles. The summed E-state index contributed by atoms with van der Waals surface area (Å²) in [5.41, 5.74) is 1.48. The number of esters is 1. The van der Waals surface area contributed by atoms with E-state index < -0.39 is 11.9 Å². The average Bonchev–Trinajstić information content (AvgIpc) is 2.80. The van der Waals surface area contributed by atoms with Gasteiger partial charge in [0.2, 0.25) is 5.78 Å². The monoisotopic (exact) mass is 313 g/mol. The zero-order valence-corrected chi connectivity index (χ0v) is 13.2. The number of aliphatic imine (C=N–C) groups is 1. The fraction of sp³-hybridized carbons (Fsp3) is 0.278. The van der Waals surface area contributed by atoms with E-state index in [1.165, 1.54) is 0 Å². The molecule has 1 heterocycles. The maximum atomic E-state index is 12.4. The molecule has 0 N–H and O–H groups in total. The van der Waals surface area contributed by atoms with Gasteiger partial charge in [-0.2, -0.15) is 0 Å². The van der Waals surface area contributed by atoms with Crippen LogP contribution in [0.25, 0.3) is 6.08 Å². The first-order chi connectivity index (χ1) is 11.1. The summed E-state index contributed by atoms with van der Waals surface area (Å²) in [5, 5.41) is 0. The second kappa shape index (κ2) is 7.54. The summed E-state index contributed by atoms with van der Waals surface area (Å²) in [4.78, 5) is 28.4. The molecule has 1 unspecified atom stereocenters. The van der Waals surface area contributed by atoms with Crippen molar-refractivity contribution in [1.82, 2.24) is 0 Å². The van der Waals surface area contributed by atoms with Crippen LogP contribution >= 0.6 is 0 Å². The molecular weight excluding hydrogens is 294 g/mol. The largest absolute Gasteiger partial charge is 0.490 e. The van der Waals surface area contributed by atoms with Gasteiger partial charge in [-0.3, -0.25) is 14.6 Å². The molecule has 0 radical (unpaired) electrons. The minimum absolute atomic E-state index is 0.234. The van der Waals surface area contributed by atoms with Crippen molar-refractivity contribution in [2.45, 2.75) is 13.8 Å². The number of hydrogen-bond donors (Lipinski definition) is 0. The summed E-state index contributed by atoms with van der Waals surface area (Å²) >= 11 is 0. The molecule has 0 amide bonds. The van der Waals surface area contributed by atoms with Gasteiger partial charge in [0.1, 0.15) is 18.1 Å². The fourth-order valence-corrected chi connectivity index (χ4v) is 2.26. The van der Waals surface area contributed by atoms with Gasteiger partial charge in [0.15, 0.2) is 5.92 Å². The van der Waals surface area contributed by atoms with Crippen molar-refractivity contribution in [3.05, 3.63) is 48.2 Å². The Labute approximate surface area is 135 Å². The molecule has 0 saturated heterocycles. The maximum Gasteiger partial charge on any atom is 0.322 e. The highest BCUT2D eigenvalue weighted by atomic mass is 16.5. The van der Waals surface area contributed by atoms with Crippen LogP contribution in [0.1, 0.15) is 19.4 Å². The zero-order chi connectivity index (χ0) is 16.8. The normalized spacial score (nSPS) is 18.7. The third kappa shape index (κ3) is 3.94. The predicted octanol–water partition coefficient (Wildman–Crippen LogP) is 2.82. The molecule has 0 aromatic heterocycles. The molecule has 5 nitrogen and oxygen atoms in total. The van der Waals surface area contributed by atoms with Crippen molar-refractivity contribution in [2.75, 3.05) is 13.2 Å². The number of nitrogens with zero attached hydrogens (tertiary/aromatic N) is 1. The van der Waals surface area contributed by atoms with E-state index in [2.05, 4.69) is 11.6 Å². The van der Waals surface area contributed by atoms with Crippen molar-refractivity contribution in [1.29, 1.82) is 0 Å². The van der Waals surface area contributed by atoms with Crippen molar-refractivity contribution in [3.8, 4) is 5.75 Å². The van der Waals surface area contributed by atoms with Gasteiger partial charge in [0.05, 0.1) is 6.61 Å². The lowest BCUT2D eigenvalue weighted by atomic mass is 10.0. The highest BCUT2D eigenvalue weighted by molar-refractivity contribution is 6.28. The molecule has 0 spiro atoms. The molecule has 1 aliphatic heterocycles. The van der Waals surface area contributed by atoms with Crippen LogP contribution in [0.5, 0.6) is 5.75 Å². The number of carbonyl (C=O) groups is 2. The van der Waals surface area contributed by atoms with Crippen LogP contribution in [-0.2, 0) is 14.3 Å². The Morgan fingerprint density at radius 3 is 2.91 bits per heavy atom. The first kappa shape index (κ1) is 16.7. The second-order valence-corrected chi connectivity index (χ2v) is 5.00. The molecule has 5 heteroatoms. The van der Waals surface area contributed by atoms with Gasteiger partial charge in [-0.05, 0) is 37.6 Å². The summed E-state index contributed by atoms with van der Waals surface area (Å²) in [5.74, 6) is -1.14. The van der Waals surface area contributed by atoms with Crippen molar-refractivity contribution in [3.63, 3.8) is 0 Å². The van der Waals surface area contributed by atoms with E-state index in [-0.39, 0.29) is 18.1 Å². The van der Waals surface area contributed by atoms with Crippen LogP contribution in [0.4, 0.5) is 0 Å². The van der Waals surface area contributed by atoms with Gasteiger partial charge in [-0.1, -0.05) is 24.8 Å². The second-order valence-electron chi connectivity index (χ2n) is 5.00. The molecular formula is C18H19NO4. The van der Waals surface area contributed by atoms with E-state index in [0.29, 0.717) is 18.1 Å². The minimum atomic E-state index is -0.929. The number of ketones is 1. The third-order valence-electron chi connectivity index (χ3n) is 3.28. The van der Waals surface area contributed by atoms with Crippen LogP contribution < -0.4 is 4.74 Å².